The number of amides is 1. The molecular formula is C22H20N4O4. The Morgan fingerprint density at radius 1 is 1.27 bits per heavy atom. The number of para-hydroxylation sites is 1. The topological polar surface area (TPSA) is 106 Å². The zero-order valence-electron chi connectivity index (χ0n) is 16.6. The molecule has 3 rings (SSSR count). The lowest BCUT2D eigenvalue weighted by Crippen LogP contribution is -2.28. The summed E-state index contributed by atoms with van der Waals surface area (Å²) in [6, 6.07) is 14.2. The summed E-state index contributed by atoms with van der Waals surface area (Å²) in [6.45, 7) is 2.39. The Morgan fingerprint density at radius 3 is 2.77 bits per heavy atom. The summed E-state index contributed by atoms with van der Waals surface area (Å²) in [5.41, 5.74) is 0.532. The molecule has 2 aromatic heterocycles. The van der Waals surface area contributed by atoms with Crippen molar-refractivity contribution in [3.8, 4) is 17.7 Å². The Balaban J connectivity index is 2.12. The molecule has 0 aliphatic heterocycles. The third-order valence-electron chi connectivity index (χ3n) is 4.28. The number of carbonyl (C=O) groups is 1. The first-order chi connectivity index (χ1) is 14.5. The lowest BCUT2D eigenvalue weighted by Gasteiger charge is -2.12. The lowest BCUT2D eigenvalue weighted by molar-refractivity contribution is -0.117. The number of nitriles is 1. The summed E-state index contributed by atoms with van der Waals surface area (Å²) in [7, 11) is 1.50. The number of methoxy groups -OCH3 is 1. The molecule has 2 heterocycles. The highest BCUT2D eigenvalue weighted by Gasteiger charge is 2.17. The molecule has 8 nitrogen and oxygen atoms in total. The van der Waals surface area contributed by atoms with E-state index in [-0.39, 0.29) is 23.6 Å². The fourth-order valence-corrected chi connectivity index (χ4v) is 2.71. The van der Waals surface area contributed by atoms with Crippen molar-refractivity contribution in [2.75, 3.05) is 20.3 Å². The van der Waals surface area contributed by atoms with E-state index in [4.69, 9.17) is 9.47 Å². The number of ether oxygens (including phenoxy) is 2. The average molecular weight is 404 g/mol. The average Bonchev–Trinajstić information content (AvgIpc) is 2.75. The highest BCUT2D eigenvalue weighted by molar-refractivity contribution is 6.01. The second-order valence-electron chi connectivity index (χ2n) is 6.35. The number of pyridine rings is 1. The summed E-state index contributed by atoms with van der Waals surface area (Å²) in [5, 5.41) is 12.0. The van der Waals surface area contributed by atoms with Gasteiger partial charge in [-0.25, -0.2) is 0 Å². The number of nitrogens with one attached hydrogen (secondary N) is 1. The van der Waals surface area contributed by atoms with Crippen LogP contribution in [0.15, 0.2) is 59.0 Å². The van der Waals surface area contributed by atoms with Crippen molar-refractivity contribution < 1.29 is 14.3 Å². The Morgan fingerprint density at radius 2 is 2.03 bits per heavy atom. The summed E-state index contributed by atoms with van der Waals surface area (Å²) < 4.78 is 12.1. The lowest BCUT2D eigenvalue weighted by atomic mass is 10.1. The van der Waals surface area contributed by atoms with Crippen LogP contribution in [0.5, 0.6) is 11.6 Å². The zero-order valence-corrected chi connectivity index (χ0v) is 16.6. The molecule has 0 spiro atoms. The second kappa shape index (κ2) is 9.49. The van der Waals surface area contributed by atoms with E-state index < -0.39 is 11.5 Å². The number of hydrogen-bond acceptors (Lipinski definition) is 6. The van der Waals surface area contributed by atoms with Crippen molar-refractivity contribution in [2.45, 2.75) is 6.92 Å². The summed E-state index contributed by atoms with van der Waals surface area (Å²) in [6.07, 6.45) is 2.76. The van der Waals surface area contributed by atoms with Gasteiger partial charge < -0.3 is 14.8 Å². The van der Waals surface area contributed by atoms with Crippen molar-refractivity contribution in [3.63, 3.8) is 0 Å². The maximum Gasteiger partial charge on any atom is 0.269 e. The highest BCUT2D eigenvalue weighted by Crippen LogP contribution is 2.26. The van der Waals surface area contributed by atoms with E-state index in [1.807, 2.05) is 25.1 Å². The van der Waals surface area contributed by atoms with Gasteiger partial charge in [0.2, 0.25) is 5.88 Å². The molecule has 0 unspecified atom stereocenters. The van der Waals surface area contributed by atoms with Crippen LogP contribution in [0.1, 0.15) is 11.1 Å². The van der Waals surface area contributed by atoms with Gasteiger partial charge >= 0.3 is 0 Å². The van der Waals surface area contributed by atoms with Crippen LogP contribution in [0.3, 0.4) is 0 Å². The first-order valence-electron chi connectivity index (χ1n) is 9.19. The van der Waals surface area contributed by atoms with Gasteiger partial charge in [0.15, 0.2) is 0 Å². The normalized spacial score (nSPS) is 11.2. The molecule has 1 amide bonds. The van der Waals surface area contributed by atoms with E-state index >= 15 is 0 Å². The predicted molar refractivity (Wildman–Crippen MR) is 111 cm³/mol. The van der Waals surface area contributed by atoms with Crippen LogP contribution in [0.4, 0.5) is 0 Å². The molecular weight excluding hydrogens is 384 g/mol. The maximum absolute atomic E-state index is 13.1. The zero-order chi connectivity index (χ0) is 21.5. The number of nitrogens with zero attached hydrogens (tertiary/aromatic N) is 3. The molecule has 0 saturated carbocycles. The standard InChI is InChI=1S/C22H20N4O4/c1-15-7-3-4-8-18(15)30-21-17(13-16(14-23)20(27)24-10-12-29-2)22(28)26-11-6-5-9-19(26)25-21/h3-9,11,13H,10,12H2,1-2H3,(H,24,27)/b16-13-. The Bertz CT molecular complexity index is 1210. The maximum atomic E-state index is 13.1. The van der Waals surface area contributed by atoms with E-state index in [1.54, 1.807) is 36.5 Å². The highest BCUT2D eigenvalue weighted by atomic mass is 16.5. The van der Waals surface area contributed by atoms with Crippen molar-refractivity contribution in [1.82, 2.24) is 14.7 Å². The minimum absolute atomic E-state index is 0.000365. The molecule has 0 radical (unpaired) electrons. The van der Waals surface area contributed by atoms with Crippen LogP contribution in [-0.4, -0.2) is 35.6 Å². The summed E-state index contributed by atoms with van der Waals surface area (Å²) >= 11 is 0. The number of hydrogen-bond donors (Lipinski definition) is 1. The molecule has 0 atom stereocenters. The minimum Gasteiger partial charge on any atom is -0.438 e. The SMILES string of the molecule is COCCNC(=O)/C(C#N)=C\c1c(Oc2ccccc2C)nc2ccccn2c1=O. The largest absolute Gasteiger partial charge is 0.438 e. The molecule has 0 aliphatic carbocycles. The third kappa shape index (κ3) is 4.54. The molecule has 1 N–H and O–H groups in total. The first kappa shape index (κ1) is 20.8. The van der Waals surface area contributed by atoms with Gasteiger partial charge in [-0.15, -0.1) is 0 Å². The quantitative estimate of drug-likeness (QED) is 0.368. The Hall–Kier alpha value is -3.96. The van der Waals surface area contributed by atoms with Crippen molar-refractivity contribution >= 4 is 17.6 Å². The molecule has 1 aromatic carbocycles. The van der Waals surface area contributed by atoms with Gasteiger partial charge in [-0.1, -0.05) is 24.3 Å². The van der Waals surface area contributed by atoms with E-state index in [9.17, 15) is 14.9 Å². The monoisotopic (exact) mass is 404 g/mol. The molecule has 3 aromatic rings. The predicted octanol–water partition coefficient (Wildman–Crippen LogP) is 2.46. The Labute approximate surface area is 173 Å². The van der Waals surface area contributed by atoms with Crippen LogP contribution in [0.2, 0.25) is 0 Å². The van der Waals surface area contributed by atoms with Crippen molar-refractivity contribution in [1.29, 1.82) is 5.26 Å². The van der Waals surface area contributed by atoms with Gasteiger partial charge in [-0.2, -0.15) is 10.2 Å². The van der Waals surface area contributed by atoms with Gasteiger partial charge in [0, 0.05) is 19.9 Å². The molecule has 30 heavy (non-hydrogen) atoms. The summed E-state index contributed by atoms with van der Waals surface area (Å²) in [4.78, 5) is 29.9. The van der Waals surface area contributed by atoms with Crippen LogP contribution in [-0.2, 0) is 9.53 Å². The summed E-state index contributed by atoms with van der Waals surface area (Å²) in [5.74, 6) is -0.0886. The minimum atomic E-state index is -0.617. The van der Waals surface area contributed by atoms with Gasteiger partial charge in [0.05, 0.1) is 6.61 Å². The molecule has 8 heteroatoms. The molecule has 0 aliphatic rings. The first-order valence-corrected chi connectivity index (χ1v) is 9.19. The number of carbonyl (C=O) groups excluding carboxylic acids is 1. The van der Waals surface area contributed by atoms with Crippen molar-refractivity contribution in [3.05, 3.63) is 75.7 Å². The molecule has 0 saturated heterocycles. The fraction of sp³-hybridized carbons (Fsp3) is 0.182. The van der Waals surface area contributed by atoms with Crippen LogP contribution < -0.4 is 15.6 Å². The van der Waals surface area contributed by atoms with E-state index in [2.05, 4.69) is 10.3 Å². The smallest absolute Gasteiger partial charge is 0.269 e. The number of rotatable bonds is 7. The molecule has 0 fully saturated rings. The molecule has 152 valence electrons. The van der Waals surface area contributed by atoms with E-state index in [0.717, 1.165) is 5.56 Å². The van der Waals surface area contributed by atoms with Gasteiger partial charge in [0.1, 0.15) is 28.6 Å². The number of benzene rings is 1. The van der Waals surface area contributed by atoms with Crippen LogP contribution in [0.25, 0.3) is 11.7 Å². The number of fused-ring (bicyclic) bond motifs is 1. The van der Waals surface area contributed by atoms with Gasteiger partial charge in [-0.05, 0) is 36.8 Å². The number of aromatic nitrogens is 2. The van der Waals surface area contributed by atoms with E-state index in [1.165, 1.54) is 17.6 Å². The Kier molecular flexibility index (Phi) is 6.57. The number of aryl methyl sites for hydroxylation is 1. The molecule has 0 bridgehead atoms. The second-order valence-corrected chi connectivity index (χ2v) is 6.35. The fourth-order valence-electron chi connectivity index (χ4n) is 2.71. The van der Waals surface area contributed by atoms with Crippen LogP contribution in [0, 0.1) is 18.3 Å². The van der Waals surface area contributed by atoms with Gasteiger partial charge in [0.25, 0.3) is 11.5 Å². The van der Waals surface area contributed by atoms with Crippen molar-refractivity contribution in [2.24, 2.45) is 0 Å². The van der Waals surface area contributed by atoms with Crippen LogP contribution >= 0.6 is 0 Å². The van der Waals surface area contributed by atoms with Gasteiger partial charge in [-0.3, -0.25) is 14.0 Å². The van der Waals surface area contributed by atoms with E-state index in [0.29, 0.717) is 18.0 Å². The third-order valence-corrected chi connectivity index (χ3v) is 4.28.